The molecular weight excluding hydrogens is 293 g/mol. The average Bonchev–Trinajstić information content (AvgIpc) is 2.62. The number of piperidine rings is 1. The number of Topliss-reactive ketones (excluding diaryl/α,β-unsaturated/α-hetero) is 1. The molecule has 1 heterocycles. The molecule has 4 heteroatoms. The highest BCUT2D eigenvalue weighted by molar-refractivity contribution is 5.98. The van der Waals surface area contributed by atoms with Gasteiger partial charge in [-0.15, -0.1) is 0 Å². The fraction of sp³-hybridized carbons (Fsp3) is 0.263. The Labute approximate surface area is 134 Å². The number of hydrogen-bond acceptors (Lipinski definition) is 2. The van der Waals surface area contributed by atoms with E-state index in [0.29, 0.717) is 31.5 Å². The van der Waals surface area contributed by atoms with E-state index in [1.807, 2.05) is 30.3 Å². The quantitative estimate of drug-likeness (QED) is 0.813. The van der Waals surface area contributed by atoms with Crippen LogP contribution in [0.25, 0.3) is 0 Å². The molecule has 3 nitrogen and oxygen atoms in total. The summed E-state index contributed by atoms with van der Waals surface area (Å²) in [5.41, 5.74) is 0.812. The normalized spacial score (nSPS) is 15.4. The highest BCUT2D eigenvalue weighted by Crippen LogP contribution is 2.23. The van der Waals surface area contributed by atoms with Gasteiger partial charge < -0.3 is 4.90 Å². The van der Waals surface area contributed by atoms with E-state index in [9.17, 15) is 14.0 Å². The molecule has 1 aliphatic rings. The molecule has 3 rings (SSSR count). The first kappa shape index (κ1) is 15.4. The van der Waals surface area contributed by atoms with Crippen LogP contribution in [0.15, 0.2) is 54.6 Å². The molecule has 0 N–H and O–H groups in total. The number of ketones is 1. The lowest BCUT2D eigenvalue weighted by Gasteiger charge is -2.31. The topological polar surface area (TPSA) is 37.4 Å². The van der Waals surface area contributed by atoms with Crippen LogP contribution in [0.4, 0.5) is 4.39 Å². The summed E-state index contributed by atoms with van der Waals surface area (Å²) >= 11 is 0. The molecule has 0 bridgehead atoms. The van der Waals surface area contributed by atoms with Crippen LogP contribution in [0.3, 0.4) is 0 Å². The number of benzene rings is 2. The minimum atomic E-state index is -0.500. The van der Waals surface area contributed by atoms with Gasteiger partial charge in [0.2, 0.25) is 0 Å². The van der Waals surface area contributed by atoms with Crippen LogP contribution in [-0.4, -0.2) is 29.7 Å². The Balaban J connectivity index is 1.64. The Bertz CT molecular complexity index is 706. The first-order valence-corrected chi connectivity index (χ1v) is 7.80. The molecule has 2 aromatic rings. The lowest BCUT2D eigenvalue weighted by Crippen LogP contribution is -2.40. The standard InChI is InChI=1S/C19H18FNO2/c20-17-9-5-4-8-16(17)19(23)21-12-10-15(11-13-21)18(22)14-6-2-1-3-7-14/h1-9,15H,10-13H2. The van der Waals surface area contributed by atoms with Gasteiger partial charge in [0.15, 0.2) is 5.78 Å². The van der Waals surface area contributed by atoms with Gasteiger partial charge in [-0.3, -0.25) is 9.59 Å². The molecule has 2 aromatic carbocycles. The third-order valence-corrected chi connectivity index (χ3v) is 4.32. The maximum absolute atomic E-state index is 13.7. The van der Waals surface area contributed by atoms with Crippen LogP contribution in [0.2, 0.25) is 0 Å². The number of amides is 1. The smallest absolute Gasteiger partial charge is 0.256 e. The second-order valence-corrected chi connectivity index (χ2v) is 5.78. The van der Waals surface area contributed by atoms with Gasteiger partial charge >= 0.3 is 0 Å². The molecule has 1 amide bonds. The summed E-state index contributed by atoms with van der Waals surface area (Å²) in [6.45, 7) is 0.965. The molecule has 1 saturated heterocycles. The molecule has 0 atom stereocenters. The van der Waals surface area contributed by atoms with E-state index in [1.165, 1.54) is 12.1 Å². The molecule has 0 aliphatic carbocycles. The predicted octanol–water partition coefficient (Wildman–Crippen LogP) is 3.56. The predicted molar refractivity (Wildman–Crippen MR) is 85.8 cm³/mol. The van der Waals surface area contributed by atoms with Crippen molar-refractivity contribution in [3.05, 3.63) is 71.5 Å². The maximum atomic E-state index is 13.7. The number of likely N-dealkylation sites (tertiary alicyclic amines) is 1. The Morgan fingerprint density at radius 3 is 2.17 bits per heavy atom. The van der Waals surface area contributed by atoms with Crippen molar-refractivity contribution in [2.75, 3.05) is 13.1 Å². The van der Waals surface area contributed by atoms with Crippen molar-refractivity contribution in [2.24, 2.45) is 5.92 Å². The Kier molecular flexibility index (Phi) is 4.51. The summed E-state index contributed by atoms with van der Waals surface area (Å²) in [6, 6.07) is 15.2. The molecule has 0 saturated carbocycles. The van der Waals surface area contributed by atoms with Crippen LogP contribution < -0.4 is 0 Å². The fourth-order valence-corrected chi connectivity index (χ4v) is 2.99. The van der Waals surface area contributed by atoms with Crippen LogP contribution in [0.5, 0.6) is 0 Å². The summed E-state index contributed by atoms with van der Waals surface area (Å²) in [4.78, 5) is 26.4. The number of carbonyl (C=O) groups is 2. The minimum absolute atomic E-state index is 0.0675. The number of nitrogens with zero attached hydrogens (tertiary/aromatic N) is 1. The second-order valence-electron chi connectivity index (χ2n) is 5.78. The van der Waals surface area contributed by atoms with E-state index in [1.54, 1.807) is 17.0 Å². The van der Waals surface area contributed by atoms with Crippen LogP contribution in [0.1, 0.15) is 33.6 Å². The number of halogens is 1. The zero-order valence-electron chi connectivity index (χ0n) is 12.7. The van der Waals surface area contributed by atoms with Crippen molar-refractivity contribution in [3.63, 3.8) is 0 Å². The molecular formula is C19H18FNO2. The Hall–Kier alpha value is -2.49. The summed E-state index contributed by atoms with van der Waals surface area (Å²) in [5, 5.41) is 0. The van der Waals surface area contributed by atoms with Crippen molar-refractivity contribution in [1.29, 1.82) is 0 Å². The lowest BCUT2D eigenvalue weighted by molar-refractivity contribution is 0.0646. The molecule has 23 heavy (non-hydrogen) atoms. The van der Waals surface area contributed by atoms with Gasteiger partial charge in [0.25, 0.3) is 5.91 Å². The molecule has 1 fully saturated rings. The van der Waals surface area contributed by atoms with E-state index >= 15 is 0 Å². The van der Waals surface area contributed by atoms with Crippen LogP contribution >= 0.6 is 0 Å². The largest absolute Gasteiger partial charge is 0.339 e. The SMILES string of the molecule is O=C(c1ccccc1)C1CCN(C(=O)c2ccccc2F)CC1. The third-order valence-electron chi connectivity index (χ3n) is 4.32. The first-order chi connectivity index (χ1) is 11.2. The van der Waals surface area contributed by atoms with E-state index in [0.717, 1.165) is 0 Å². The van der Waals surface area contributed by atoms with Gasteiger partial charge in [-0.2, -0.15) is 0 Å². The Morgan fingerprint density at radius 2 is 1.52 bits per heavy atom. The van der Waals surface area contributed by atoms with Crippen molar-refractivity contribution in [3.8, 4) is 0 Å². The molecule has 1 aliphatic heterocycles. The van der Waals surface area contributed by atoms with Gasteiger partial charge in [-0.1, -0.05) is 42.5 Å². The zero-order chi connectivity index (χ0) is 16.2. The van der Waals surface area contributed by atoms with E-state index in [-0.39, 0.29) is 23.2 Å². The van der Waals surface area contributed by atoms with Gasteiger partial charge in [-0.05, 0) is 25.0 Å². The molecule has 0 radical (unpaired) electrons. The van der Waals surface area contributed by atoms with Gasteiger partial charge in [-0.25, -0.2) is 4.39 Å². The number of rotatable bonds is 3. The van der Waals surface area contributed by atoms with Gasteiger partial charge in [0, 0.05) is 24.6 Å². The summed E-state index contributed by atoms with van der Waals surface area (Å²) in [5.74, 6) is -0.737. The average molecular weight is 311 g/mol. The van der Waals surface area contributed by atoms with Crippen molar-refractivity contribution in [2.45, 2.75) is 12.8 Å². The highest BCUT2D eigenvalue weighted by Gasteiger charge is 2.29. The zero-order valence-corrected chi connectivity index (χ0v) is 12.7. The van der Waals surface area contributed by atoms with E-state index in [4.69, 9.17) is 0 Å². The minimum Gasteiger partial charge on any atom is -0.339 e. The summed E-state index contributed by atoms with van der Waals surface area (Å²) < 4.78 is 13.7. The van der Waals surface area contributed by atoms with Gasteiger partial charge in [0.05, 0.1) is 5.56 Å². The molecule has 118 valence electrons. The molecule has 0 aromatic heterocycles. The lowest BCUT2D eigenvalue weighted by atomic mass is 9.88. The van der Waals surface area contributed by atoms with Crippen LogP contribution in [0, 0.1) is 11.7 Å². The Morgan fingerprint density at radius 1 is 0.913 bits per heavy atom. The maximum Gasteiger partial charge on any atom is 0.256 e. The van der Waals surface area contributed by atoms with E-state index in [2.05, 4.69) is 0 Å². The summed E-state index contributed by atoms with van der Waals surface area (Å²) in [6.07, 6.45) is 1.24. The molecule has 0 spiro atoms. The monoisotopic (exact) mass is 311 g/mol. The summed E-state index contributed by atoms with van der Waals surface area (Å²) in [7, 11) is 0. The van der Waals surface area contributed by atoms with Crippen molar-refractivity contribution >= 4 is 11.7 Å². The van der Waals surface area contributed by atoms with Crippen LogP contribution in [-0.2, 0) is 0 Å². The van der Waals surface area contributed by atoms with Gasteiger partial charge in [0.1, 0.15) is 5.82 Å². The van der Waals surface area contributed by atoms with Crippen molar-refractivity contribution in [1.82, 2.24) is 4.90 Å². The van der Waals surface area contributed by atoms with E-state index < -0.39 is 5.82 Å². The van der Waals surface area contributed by atoms with Crippen molar-refractivity contribution < 1.29 is 14.0 Å². The fourth-order valence-electron chi connectivity index (χ4n) is 2.99. The first-order valence-electron chi connectivity index (χ1n) is 7.80. The number of hydrogen-bond donors (Lipinski definition) is 0. The number of carbonyl (C=O) groups excluding carboxylic acids is 2. The highest BCUT2D eigenvalue weighted by atomic mass is 19.1. The molecule has 0 unspecified atom stereocenters. The third kappa shape index (κ3) is 3.31. The second kappa shape index (κ2) is 6.73.